The summed E-state index contributed by atoms with van der Waals surface area (Å²) in [6.45, 7) is 9.92. The molecule has 0 aliphatic carbocycles. The summed E-state index contributed by atoms with van der Waals surface area (Å²) < 4.78 is 5.53. The van der Waals surface area contributed by atoms with Crippen molar-refractivity contribution >= 4 is 11.6 Å². The molecule has 4 atom stereocenters. The van der Waals surface area contributed by atoms with Gasteiger partial charge >= 0.3 is 0 Å². The average molecular weight is 401 g/mol. The molecule has 2 N–H and O–H groups in total. The molecule has 3 aliphatic rings. The molecule has 1 amide bonds. The number of ether oxygens (including phenoxy) is 1. The lowest BCUT2D eigenvalue weighted by molar-refractivity contribution is -0.123. The van der Waals surface area contributed by atoms with Gasteiger partial charge in [0.05, 0.1) is 19.3 Å². The smallest absolute Gasteiger partial charge is 0.243 e. The van der Waals surface area contributed by atoms with Crippen molar-refractivity contribution in [3.63, 3.8) is 0 Å². The highest BCUT2D eigenvalue weighted by atomic mass is 16.5. The number of piperidine rings is 1. The van der Waals surface area contributed by atoms with Crippen LogP contribution in [0.25, 0.3) is 0 Å². The molecule has 1 aromatic rings. The summed E-state index contributed by atoms with van der Waals surface area (Å²) in [6, 6.07) is 6.64. The van der Waals surface area contributed by atoms with Crippen LogP contribution >= 0.6 is 0 Å². The van der Waals surface area contributed by atoms with Crippen LogP contribution in [0.15, 0.2) is 18.2 Å². The van der Waals surface area contributed by atoms with Gasteiger partial charge in [-0.3, -0.25) is 9.69 Å². The molecule has 0 bridgehead atoms. The zero-order valence-corrected chi connectivity index (χ0v) is 18.1. The van der Waals surface area contributed by atoms with Gasteiger partial charge in [-0.15, -0.1) is 0 Å². The fourth-order valence-electron chi connectivity index (χ4n) is 5.41. The van der Waals surface area contributed by atoms with Crippen LogP contribution in [0.2, 0.25) is 0 Å². The highest BCUT2D eigenvalue weighted by molar-refractivity contribution is 5.88. The summed E-state index contributed by atoms with van der Waals surface area (Å²) in [6.07, 6.45) is 3.24. The molecule has 3 heterocycles. The van der Waals surface area contributed by atoms with E-state index < -0.39 is 0 Å². The first-order valence-electron chi connectivity index (χ1n) is 11.2. The number of nitrogens with zero attached hydrogens (tertiary/aromatic N) is 2. The van der Waals surface area contributed by atoms with E-state index in [1.807, 2.05) is 0 Å². The standard InChI is InChI=1S/C23H36N4O2/c1-16-6-4-8-18-14-19(24-21(16)18)23(28)25-20(15-27-10-12-29-13-11-27)22-17(2)7-5-9-26(22)3/h4,6,8,17,19-20,22,24H,5,7,9-15H2,1-3H3,(H,25,28). The maximum absolute atomic E-state index is 13.3. The average Bonchev–Trinajstić information content (AvgIpc) is 3.14. The molecule has 2 fully saturated rings. The first-order valence-corrected chi connectivity index (χ1v) is 11.2. The number of likely N-dealkylation sites (N-methyl/N-ethyl adjacent to an activating group) is 1. The van der Waals surface area contributed by atoms with Crippen LogP contribution in [-0.2, 0) is 16.0 Å². The predicted octanol–water partition coefficient (Wildman–Crippen LogP) is 1.88. The van der Waals surface area contributed by atoms with E-state index in [4.69, 9.17) is 4.74 Å². The third kappa shape index (κ3) is 4.60. The van der Waals surface area contributed by atoms with Crippen molar-refractivity contribution in [1.82, 2.24) is 15.1 Å². The number of hydrogen-bond donors (Lipinski definition) is 2. The highest BCUT2D eigenvalue weighted by Crippen LogP contribution is 2.30. The van der Waals surface area contributed by atoms with Gasteiger partial charge in [-0.25, -0.2) is 0 Å². The first kappa shape index (κ1) is 20.6. The minimum Gasteiger partial charge on any atom is -0.379 e. The molecule has 0 spiro atoms. The molecule has 4 unspecified atom stereocenters. The zero-order chi connectivity index (χ0) is 20.4. The summed E-state index contributed by atoms with van der Waals surface area (Å²) >= 11 is 0. The van der Waals surface area contributed by atoms with Crippen LogP contribution in [0.3, 0.4) is 0 Å². The van der Waals surface area contributed by atoms with Crippen molar-refractivity contribution in [3.05, 3.63) is 29.3 Å². The van der Waals surface area contributed by atoms with Gasteiger partial charge < -0.3 is 20.3 Å². The Morgan fingerprint density at radius 1 is 1.31 bits per heavy atom. The minimum atomic E-state index is -0.178. The number of anilines is 1. The van der Waals surface area contributed by atoms with E-state index in [0.717, 1.165) is 51.5 Å². The van der Waals surface area contributed by atoms with Gasteiger partial charge in [0.1, 0.15) is 6.04 Å². The quantitative estimate of drug-likeness (QED) is 0.790. The molecule has 3 aliphatic heterocycles. The van der Waals surface area contributed by atoms with E-state index in [-0.39, 0.29) is 18.0 Å². The number of hydrogen-bond acceptors (Lipinski definition) is 5. The van der Waals surface area contributed by atoms with Crippen LogP contribution in [0, 0.1) is 12.8 Å². The summed E-state index contributed by atoms with van der Waals surface area (Å²) in [5.41, 5.74) is 3.60. The Bertz CT molecular complexity index is 709. The number of likely N-dealkylation sites (tertiary alicyclic amines) is 1. The zero-order valence-electron chi connectivity index (χ0n) is 18.1. The van der Waals surface area contributed by atoms with Crippen molar-refractivity contribution in [1.29, 1.82) is 0 Å². The molecule has 29 heavy (non-hydrogen) atoms. The maximum Gasteiger partial charge on any atom is 0.243 e. The Kier molecular flexibility index (Phi) is 6.42. The van der Waals surface area contributed by atoms with Crippen LogP contribution < -0.4 is 10.6 Å². The van der Waals surface area contributed by atoms with Crippen LogP contribution in [0.1, 0.15) is 30.9 Å². The van der Waals surface area contributed by atoms with Gasteiger partial charge in [-0.1, -0.05) is 25.1 Å². The maximum atomic E-state index is 13.3. The van der Waals surface area contributed by atoms with E-state index in [1.165, 1.54) is 24.0 Å². The van der Waals surface area contributed by atoms with E-state index in [0.29, 0.717) is 12.0 Å². The monoisotopic (exact) mass is 400 g/mol. The third-order valence-corrected chi connectivity index (χ3v) is 6.98. The molecular weight excluding hydrogens is 364 g/mol. The lowest BCUT2D eigenvalue weighted by atomic mass is 9.85. The molecule has 4 rings (SSSR count). The molecular formula is C23H36N4O2. The number of amides is 1. The summed E-state index contributed by atoms with van der Waals surface area (Å²) in [5.74, 6) is 0.709. The second kappa shape index (κ2) is 9.02. The van der Waals surface area contributed by atoms with Crippen molar-refractivity contribution in [3.8, 4) is 0 Å². The number of para-hydroxylation sites is 1. The molecule has 0 saturated carbocycles. The van der Waals surface area contributed by atoms with Gasteiger partial charge in [0.2, 0.25) is 5.91 Å². The summed E-state index contributed by atoms with van der Waals surface area (Å²) in [5, 5.41) is 6.94. The Morgan fingerprint density at radius 2 is 2.10 bits per heavy atom. The number of morpholine rings is 1. The number of rotatable bonds is 5. The first-order chi connectivity index (χ1) is 14.0. The van der Waals surface area contributed by atoms with E-state index in [1.54, 1.807) is 0 Å². The van der Waals surface area contributed by atoms with Gasteiger partial charge in [0.15, 0.2) is 0 Å². The molecule has 6 heteroatoms. The summed E-state index contributed by atoms with van der Waals surface area (Å²) in [4.78, 5) is 18.2. The summed E-state index contributed by atoms with van der Waals surface area (Å²) in [7, 11) is 2.21. The number of benzene rings is 1. The highest BCUT2D eigenvalue weighted by Gasteiger charge is 2.37. The molecule has 160 valence electrons. The van der Waals surface area contributed by atoms with Crippen molar-refractivity contribution in [2.45, 2.75) is 51.2 Å². The van der Waals surface area contributed by atoms with Crippen molar-refractivity contribution in [2.24, 2.45) is 5.92 Å². The Labute approximate surface area is 175 Å². The fourth-order valence-corrected chi connectivity index (χ4v) is 5.41. The topological polar surface area (TPSA) is 56.8 Å². The van der Waals surface area contributed by atoms with Gasteiger partial charge in [0, 0.05) is 37.8 Å². The number of nitrogens with one attached hydrogen (secondary N) is 2. The van der Waals surface area contributed by atoms with Gasteiger partial charge in [-0.2, -0.15) is 0 Å². The van der Waals surface area contributed by atoms with Gasteiger partial charge in [0.25, 0.3) is 0 Å². The normalized spacial score (nSPS) is 29.1. The fraction of sp³-hybridized carbons (Fsp3) is 0.696. The van der Waals surface area contributed by atoms with E-state index in [9.17, 15) is 4.79 Å². The molecule has 1 aromatic carbocycles. The minimum absolute atomic E-state index is 0.130. The molecule has 0 aromatic heterocycles. The largest absolute Gasteiger partial charge is 0.379 e. The second-order valence-electron chi connectivity index (χ2n) is 9.13. The Balaban J connectivity index is 1.47. The number of fused-ring (bicyclic) bond motifs is 1. The lowest BCUT2D eigenvalue weighted by Crippen LogP contribution is -2.61. The second-order valence-corrected chi connectivity index (χ2v) is 9.13. The van der Waals surface area contributed by atoms with Crippen LogP contribution in [-0.4, -0.2) is 80.3 Å². The van der Waals surface area contributed by atoms with Gasteiger partial charge in [-0.05, 0) is 50.4 Å². The number of aryl methyl sites for hydroxylation is 1. The molecule has 2 saturated heterocycles. The predicted molar refractivity (Wildman–Crippen MR) is 116 cm³/mol. The molecule has 0 radical (unpaired) electrons. The van der Waals surface area contributed by atoms with Crippen LogP contribution in [0.5, 0.6) is 0 Å². The molecule has 6 nitrogen and oxygen atoms in total. The number of carbonyl (C=O) groups excluding carboxylic acids is 1. The van der Waals surface area contributed by atoms with Crippen molar-refractivity contribution < 1.29 is 9.53 Å². The van der Waals surface area contributed by atoms with E-state index in [2.05, 4.69) is 59.5 Å². The Morgan fingerprint density at radius 3 is 2.83 bits per heavy atom. The third-order valence-electron chi connectivity index (χ3n) is 6.98. The van der Waals surface area contributed by atoms with Crippen molar-refractivity contribution in [2.75, 3.05) is 51.8 Å². The number of carbonyl (C=O) groups is 1. The SMILES string of the molecule is Cc1cccc2c1NC(C(=O)NC(CN1CCOCC1)C1C(C)CCCN1C)C2. The van der Waals surface area contributed by atoms with E-state index >= 15 is 0 Å². The lowest BCUT2D eigenvalue weighted by Gasteiger charge is -2.44. The Hall–Kier alpha value is -1.63. The van der Waals surface area contributed by atoms with Crippen LogP contribution in [0.4, 0.5) is 5.69 Å².